The first-order chi connectivity index (χ1) is 12.5. The summed E-state index contributed by atoms with van der Waals surface area (Å²) in [7, 11) is 3.35. The van der Waals surface area contributed by atoms with Gasteiger partial charge in [-0.15, -0.1) is 0 Å². The molecule has 26 heavy (non-hydrogen) atoms. The number of likely N-dealkylation sites (N-methyl/N-ethyl adjacent to an activating group) is 1. The Morgan fingerprint density at radius 3 is 2.85 bits per heavy atom. The van der Waals surface area contributed by atoms with Crippen molar-refractivity contribution < 1.29 is 14.3 Å². The topological polar surface area (TPSA) is 74.6 Å². The van der Waals surface area contributed by atoms with Crippen LogP contribution in [-0.4, -0.2) is 44.7 Å². The molecule has 0 aliphatic heterocycles. The molecule has 1 amide bonds. The molecule has 0 aromatic heterocycles. The van der Waals surface area contributed by atoms with Gasteiger partial charge in [-0.2, -0.15) is 5.26 Å². The van der Waals surface area contributed by atoms with E-state index in [9.17, 15) is 4.79 Å². The Bertz CT molecular complexity index is 805. The molecule has 1 N–H and O–H groups in total. The molecule has 136 valence electrons. The van der Waals surface area contributed by atoms with Crippen molar-refractivity contribution in [1.82, 2.24) is 4.90 Å². The van der Waals surface area contributed by atoms with Crippen LogP contribution in [0.4, 0.5) is 5.69 Å². The number of rotatable bonds is 8. The van der Waals surface area contributed by atoms with E-state index in [1.807, 2.05) is 11.9 Å². The van der Waals surface area contributed by atoms with Crippen LogP contribution in [-0.2, 0) is 4.79 Å². The predicted octanol–water partition coefficient (Wildman–Crippen LogP) is 3.17. The highest BCUT2D eigenvalue weighted by atomic mass is 35.5. The standard InChI is InChI=1S/C19H20ClN3O3/c1-23(8-9-26-16-5-3-4-14(10-16)12-21)13-19(24)22-17-11-15(20)6-7-18(17)25-2/h3-7,10-11H,8-9,13H2,1-2H3,(H,22,24). The van der Waals surface area contributed by atoms with Gasteiger partial charge in [-0.25, -0.2) is 0 Å². The molecule has 0 atom stereocenters. The molecule has 0 heterocycles. The summed E-state index contributed by atoms with van der Waals surface area (Å²) in [6.07, 6.45) is 0. The molecule has 0 unspecified atom stereocenters. The summed E-state index contributed by atoms with van der Waals surface area (Å²) in [5.41, 5.74) is 1.08. The normalized spacial score (nSPS) is 10.3. The van der Waals surface area contributed by atoms with Crippen LogP contribution in [0.1, 0.15) is 5.56 Å². The van der Waals surface area contributed by atoms with Crippen LogP contribution < -0.4 is 14.8 Å². The second kappa shape index (κ2) is 9.66. The molecule has 2 rings (SSSR count). The molecule has 0 aliphatic carbocycles. The van der Waals surface area contributed by atoms with Crippen LogP contribution in [0.15, 0.2) is 42.5 Å². The first-order valence-electron chi connectivity index (χ1n) is 7.96. The zero-order valence-corrected chi connectivity index (χ0v) is 15.4. The molecule has 7 heteroatoms. The maximum Gasteiger partial charge on any atom is 0.238 e. The number of amides is 1. The molecule has 6 nitrogen and oxygen atoms in total. The fourth-order valence-electron chi connectivity index (χ4n) is 2.27. The van der Waals surface area contributed by atoms with Crippen LogP contribution in [0.3, 0.4) is 0 Å². The number of nitrogens with one attached hydrogen (secondary N) is 1. The van der Waals surface area contributed by atoms with Crippen molar-refractivity contribution in [3.05, 3.63) is 53.1 Å². The average molecular weight is 374 g/mol. The molecule has 0 bridgehead atoms. The van der Waals surface area contributed by atoms with Crippen molar-refractivity contribution in [3.8, 4) is 17.6 Å². The van der Waals surface area contributed by atoms with E-state index >= 15 is 0 Å². The Morgan fingerprint density at radius 1 is 1.31 bits per heavy atom. The van der Waals surface area contributed by atoms with Crippen LogP contribution in [0, 0.1) is 11.3 Å². The molecule has 0 saturated carbocycles. The number of halogens is 1. The van der Waals surface area contributed by atoms with E-state index in [4.69, 9.17) is 26.3 Å². The molecule has 2 aromatic rings. The molecule has 0 aliphatic rings. The van der Waals surface area contributed by atoms with Crippen molar-refractivity contribution in [2.24, 2.45) is 0 Å². The van der Waals surface area contributed by atoms with Gasteiger partial charge in [0, 0.05) is 11.6 Å². The highest BCUT2D eigenvalue weighted by Gasteiger charge is 2.11. The van der Waals surface area contributed by atoms with Gasteiger partial charge in [0.15, 0.2) is 0 Å². The lowest BCUT2D eigenvalue weighted by Crippen LogP contribution is -2.33. The Labute approximate surface area is 157 Å². The zero-order chi connectivity index (χ0) is 18.9. The van der Waals surface area contributed by atoms with Gasteiger partial charge in [-0.05, 0) is 43.4 Å². The van der Waals surface area contributed by atoms with Crippen LogP contribution >= 0.6 is 11.6 Å². The number of methoxy groups -OCH3 is 1. The van der Waals surface area contributed by atoms with Crippen molar-refractivity contribution in [2.45, 2.75) is 0 Å². The van der Waals surface area contributed by atoms with Gasteiger partial charge in [-0.1, -0.05) is 17.7 Å². The number of ether oxygens (including phenoxy) is 2. The minimum absolute atomic E-state index is 0.181. The van der Waals surface area contributed by atoms with Gasteiger partial charge in [0.1, 0.15) is 18.1 Å². The summed E-state index contributed by atoms with van der Waals surface area (Å²) in [5.74, 6) is 0.997. The van der Waals surface area contributed by atoms with Gasteiger partial charge in [0.25, 0.3) is 0 Å². The van der Waals surface area contributed by atoms with Crippen LogP contribution in [0.2, 0.25) is 5.02 Å². The van der Waals surface area contributed by atoms with E-state index in [2.05, 4.69) is 11.4 Å². The Morgan fingerprint density at radius 2 is 2.12 bits per heavy atom. The molecule has 0 radical (unpaired) electrons. The Hall–Kier alpha value is -2.75. The number of benzene rings is 2. The summed E-state index contributed by atoms with van der Waals surface area (Å²) in [6, 6.07) is 14.1. The summed E-state index contributed by atoms with van der Waals surface area (Å²) < 4.78 is 10.8. The van der Waals surface area contributed by atoms with Crippen molar-refractivity contribution >= 4 is 23.2 Å². The second-order valence-electron chi connectivity index (χ2n) is 5.62. The molecule has 0 fully saturated rings. The zero-order valence-electron chi connectivity index (χ0n) is 14.7. The summed E-state index contributed by atoms with van der Waals surface area (Å²) in [5, 5.41) is 12.2. The number of nitriles is 1. The second-order valence-corrected chi connectivity index (χ2v) is 6.06. The lowest BCUT2D eigenvalue weighted by molar-refractivity contribution is -0.117. The quantitative estimate of drug-likeness (QED) is 0.769. The summed E-state index contributed by atoms with van der Waals surface area (Å²) in [4.78, 5) is 14.0. The van der Waals surface area contributed by atoms with Gasteiger partial charge in [0.2, 0.25) is 5.91 Å². The largest absolute Gasteiger partial charge is 0.495 e. The highest BCUT2D eigenvalue weighted by molar-refractivity contribution is 6.31. The minimum Gasteiger partial charge on any atom is -0.495 e. The first kappa shape index (κ1) is 19.6. The number of hydrogen-bond donors (Lipinski definition) is 1. The van der Waals surface area contributed by atoms with Crippen LogP contribution in [0.5, 0.6) is 11.5 Å². The molecular formula is C19H20ClN3O3. The SMILES string of the molecule is COc1ccc(Cl)cc1NC(=O)CN(C)CCOc1cccc(C#N)c1. The van der Waals surface area contributed by atoms with Gasteiger partial charge < -0.3 is 14.8 Å². The van der Waals surface area contributed by atoms with E-state index in [0.717, 1.165) is 0 Å². The summed E-state index contributed by atoms with van der Waals surface area (Å²) >= 11 is 5.96. The smallest absolute Gasteiger partial charge is 0.238 e. The number of hydrogen-bond acceptors (Lipinski definition) is 5. The number of anilines is 1. The van der Waals surface area contributed by atoms with Gasteiger partial charge in [0.05, 0.1) is 31.0 Å². The Kier molecular flexibility index (Phi) is 7.27. The first-order valence-corrected chi connectivity index (χ1v) is 8.34. The van der Waals surface area contributed by atoms with Crippen molar-refractivity contribution in [1.29, 1.82) is 5.26 Å². The minimum atomic E-state index is -0.181. The molecule has 0 saturated heterocycles. The third-order valence-corrected chi connectivity index (χ3v) is 3.79. The lowest BCUT2D eigenvalue weighted by Gasteiger charge is -2.17. The van der Waals surface area contributed by atoms with E-state index in [0.29, 0.717) is 40.9 Å². The molecule has 0 spiro atoms. The van der Waals surface area contributed by atoms with E-state index < -0.39 is 0 Å². The maximum absolute atomic E-state index is 12.2. The lowest BCUT2D eigenvalue weighted by atomic mass is 10.2. The molecule has 2 aromatic carbocycles. The van der Waals surface area contributed by atoms with E-state index in [1.165, 1.54) is 7.11 Å². The van der Waals surface area contributed by atoms with E-state index in [-0.39, 0.29) is 12.5 Å². The predicted molar refractivity (Wildman–Crippen MR) is 101 cm³/mol. The van der Waals surface area contributed by atoms with Crippen molar-refractivity contribution in [3.63, 3.8) is 0 Å². The monoisotopic (exact) mass is 373 g/mol. The Balaban J connectivity index is 1.80. The van der Waals surface area contributed by atoms with Gasteiger partial charge >= 0.3 is 0 Å². The maximum atomic E-state index is 12.2. The summed E-state index contributed by atoms with van der Waals surface area (Å²) in [6.45, 7) is 1.15. The van der Waals surface area contributed by atoms with Gasteiger partial charge in [-0.3, -0.25) is 9.69 Å². The highest BCUT2D eigenvalue weighted by Crippen LogP contribution is 2.27. The van der Waals surface area contributed by atoms with E-state index in [1.54, 1.807) is 42.5 Å². The number of nitrogens with zero attached hydrogens (tertiary/aromatic N) is 2. The third-order valence-electron chi connectivity index (χ3n) is 3.55. The fourth-order valence-corrected chi connectivity index (χ4v) is 2.44. The number of carbonyl (C=O) groups excluding carboxylic acids is 1. The average Bonchev–Trinajstić information content (AvgIpc) is 2.62. The third kappa shape index (κ3) is 5.96. The van der Waals surface area contributed by atoms with Crippen molar-refractivity contribution in [2.75, 3.05) is 39.2 Å². The van der Waals surface area contributed by atoms with Crippen LogP contribution in [0.25, 0.3) is 0 Å². The molecular weight excluding hydrogens is 354 g/mol. The number of carbonyl (C=O) groups is 1. The fraction of sp³-hybridized carbons (Fsp3) is 0.263.